The van der Waals surface area contributed by atoms with Crippen LogP contribution in [0.4, 0.5) is 0 Å². The molecule has 0 fully saturated rings. The molecule has 0 atom stereocenters. The largest absolute Gasteiger partial charge is 0.288 e. The topological polar surface area (TPSA) is 29.4 Å². The minimum absolute atomic E-state index is 0.730. The molecule has 24 heavy (non-hydrogen) atoms. The van der Waals surface area contributed by atoms with Gasteiger partial charge in [0.05, 0.1) is 5.71 Å². The van der Waals surface area contributed by atoms with E-state index in [1.165, 1.54) is 0 Å². The summed E-state index contributed by atoms with van der Waals surface area (Å²) in [4.78, 5) is 0. The van der Waals surface area contributed by atoms with Crippen LogP contribution in [0.2, 0.25) is 0 Å². The lowest BCUT2D eigenvalue weighted by Gasteiger charge is -2.17. The normalized spacial score (nSPS) is 12.1. The standard InChI is InChI=1S/C21H20NOP/c1-2-21(18-12-6-3-7-13-18)22-24(23,19-14-8-4-9-15-19)20-16-10-5-11-17-20/h3-17H,2H2,1H3/b22-21+. The Morgan fingerprint density at radius 3 is 1.58 bits per heavy atom. The van der Waals surface area contributed by atoms with E-state index in [-0.39, 0.29) is 0 Å². The van der Waals surface area contributed by atoms with Gasteiger partial charge in [-0.2, -0.15) is 0 Å². The van der Waals surface area contributed by atoms with Gasteiger partial charge in [0.1, 0.15) is 0 Å². The van der Waals surface area contributed by atoms with E-state index in [0.717, 1.165) is 28.3 Å². The Morgan fingerprint density at radius 2 is 1.17 bits per heavy atom. The van der Waals surface area contributed by atoms with Gasteiger partial charge in [0.2, 0.25) is 7.29 Å². The average molecular weight is 333 g/mol. The fraction of sp³-hybridized carbons (Fsp3) is 0.0952. The highest BCUT2D eigenvalue weighted by Gasteiger charge is 2.27. The average Bonchev–Trinajstić information content (AvgIpc) is 2.68. The van der Waals surface area contributed by atoms with Crippen LogP contribution in [0, 0.1) is 0 Å². The molecule has 0 N–H and O–H groups in total. The van der Waals surface area contributed by atoms with Crippen molar-refractivity contribution in [3.8, 4) is 0 Å². The highest BCUT2D eigenvalue weighted by molar-refractivity contribution is 7.77. The number of hydrogen-bond donors (Lipinski definition) is 0. The monoisotopic (exact) mass is 333 g/mol. The molecule has 0 spiro atoms. The third-order valence-electron chi connectivity index (χ3n) is 3.92. The molecule has 0 aliphatic rings. The zero-order valence-corrected chi connectivity index (χ0v) is 14.6. The third kappa shape index (κ3) is 3.39. The van der Waals surface area contributed by atoms with Gasteiger partial charge >= 0.3 is 0 Å². The van der Waals surface area contributed by atoms with Crippen molar-refractivity contribution >= 4 is 23.6 Å². The van der Waals surface area contributed by atoms with E-state index in [0.29, 0.717) is 0 Å². The molecule has 0 unspecified atom stereocenters. The van der Waals surface area contributed by atoms with Gasteiger partial charge in [-0.05, 0) is 36.2 Å². The Morgan fingerprint density at radius 1 is 0.750 bits per heavy atom. The van der Waals surface area contributed by atoms with Crippen LogP contribution < -0.4 is 10.6 Å². The van der Waals surface area contributed by atoms with Gasteiger partial charge in [0.25, 0.3) is 0 Å². The first-order valence-electron chi connectivity index (χ1n) is 8.10. The minimum Gasteiger partial charge on any atom is -0.288 e. The van der Waals surface area contributed by atoms with Crippen molar-refractivity contribution in [2.75, 3.05) is 0 Å². The molecule has 3 aromatic carbocycles. The number of nitrogens with zero attached hydrogens (tertiary/aromatic N) is 1. The second-order valence-corrected chi connectivity index (χ2v) is 7.90. The Labute approximate surface area is 143 Å². The smallest absolute Gasteiger partial charge is 0.247 e. The van der Waals surface area contributed by atoms with Crippen LogP contribution in [0.1, 0.15) is 18.9 Å². The molecule has 3 heteroatoms. The zero-order chi connectivity index (χ0) is 16.8. The first kappa shape index (κ1) is 16.4. The maximum atomic E-state index is 14.0. The number of rotatable bonds is 5. The van der Waals surface area contributed by atoms with Crippen molar-refractivity contribution in [1.29, 1.82) is 0 Å². The van der Waals surface area contributed by atoms with E-state index >= 15 is 0 Å². The molecule has 0 bridgehead atoms. The van der Waals surface area contributed by atoms with Crippen molar-refractivity contribution in [2.24, 2.45) is 4.76 Å². The second-order valence-electron chi connectivity index (χ2n) is 5.51. The summed E-state index contributed by atoms with van der Waals surface area (Å²) in [6, 6.07) is 29.1. The van der Waals surface area contributed by atoms with E-state index in [1.807, 2.05) is 97.9 Å². The van der Waals surface area contributed by atoms with Crippen LogP contribution in [0.3, 0.4) is 0 Å². The Balaban J connectivity index is 2.19. The lowest BCUT2D eigenvalue weighted by Crippen LogP contribution is -2.16. The van der Waals surface area contributed by atoms with Crippen LogP contribution in [-0.4, -0.2) is 5.71 Å². The van der Waals surface area contributed by atoms with Crippen LogP contribution in [-0.2, 0) is 4.57 Å². The fourth-order valence-corrected chi connectivity index (χ4v) is 4.94. The van der Waals surface area contributed by atoms with E-state index in [9.17, 15) is 4.57 Å². The Bertz CT molecular complexity index is 815. The second kappa shape index (κ2) is 7.42. The molecule has 0 amide bonds. The molecule has 0 aliphatic carbocycles. The van der Waals surface area contributed by atoms with Crippen LogP contribution in [0.5, 0.6) is 0 Å². The van der Waals surface area contributed by atoms with Crippen LogP contribution in [0.15, 0.2) is 95.8 Å². The molecule has 0 aliphatic heterocycles. The molecule has 3 aromatic rings. The number of benzene rings is 3. The fourth-order valence-electron chi connectivity index (χ4n) is 2.66. The highest BCUT2D eigenvalue weighted by atomic mass is 31.2. The maximum absolute atomic E-state index is 14.0. The van der Waals surface area contributed by atoms with Gasteiger partial charge in [-0.25, -0.2) is 4.76 Å². The van der Waals surface area contributed by atoms with Gasteiger partial charge < -0.3 is 0 Å². The van der Waals surface area contributed by atoms with Gasteiger partial charge in [0, 0.05) is 10.6 Å². The molecular formula is C21H20NOP. The molecule has 2 nitrogen and oxygen atoms in total. The predicted molar refractivity (Wildman–Crippen MR) is 103 cm³/mol. The van der Waals surface area contributed by atoms with Crippen molar-refractivity contribution in [3.63, 3.8) is 0 Å². The van der Waals surface area contributed by atoms with Gasteiger partial charge in [-0.15, -0.1) is 0 Å². The molecular weight excluding hydrogens is 313 g/mol. The van der Waals surface area contributed by atoms with E-state index in [1.54, 1.807) is 0 Å². The Hall–Kier alpha value is -2.44. The van der Waals surface area contributed by atoms with Crippen molar-refractivity contribution in [1.82, 2.24) is 0 Å². The van der Waals surface area contributed by atoms with Crippen molar-refractivity contribution in [3.05, 3.63) is 96.6 Å². The molecule has 0 saturated carbocycles. The molecule has 0 radical (unpaired) electrons. The first-order chi connectivity index (χ1) is 11.7. The van der Waals surface area contributed by atoms with Gasteiger partial charge in [0.15, 0.2) is 0 Å². The summed E-state index contributed by atoms with van der Waals surface area (Å²) in [5.74, 6) is 0. The summed E-state index contributed by atoms with van der Waals surface area (Å²) in [6.45, 7) is 2.05. The molecule has 0 aromatic heterocycles. The molecule has 0 heterocycles. The lowest BCUT2D eigenvalue weighted by molar-refractivity contribution is 0.588. The van der Waals surface area contributed by atoms with Crippen molar-refractivity contribution in [2.45, 2.75) is 13.3 Å². The van der Waals surface area contributed by atoms with E-state index in [4.69, 9.17) is 4.76 Å². The summed E-state index contributed by atoms with van der Waals surface area (Å²) in [5, 5.41) is 1.52. The maximum Gasteiger partial charge on any atom is 0.247 e. The summed E-state index contributed by atoms with van der Waals surface area (Å²) >= 11 is 0. The zero-order valence-electron chi connectivity index (χ0n) is 13.7. The predicted octanol–water partition coefficient (Wildman–Crippen LogP) is 4.81. The lowest BCUT2D eigenvalue weighted by atomic mass is 10.1. The van der Waals surface area contributed by atoms with E-state index < -0.39 is 7.29 Å². The van der Waals surface area contributed by atoms with Gasteiger partial charge in [-0.3, -0.25) is 4.57 Å². The SMILES string of the molecule is CC/C(=N\P(=O)(c1ccccc1)c1ccccc1)c1ccccc1. The summed E-state index contributed by atoms with van der Waals surface area (Å²) in [6.07, 6.45) is 0.730. The summed E-state index contributed by atoms with van der Waals surface area (Å²) in [7, 11) is -3.07. The summed E-state index contributed by atoms with van der Waals surface area (Å²) < 4.78 is 18.8. The molecule has 3 rings (SSSR count). The number of hydrogen-bond acceptors (Lipinski definition) is 1. The van der Waals surface area contributed by atoms with Crippen LogP contribution in [0.25, 0.3) is 0 Å². The minimum atomic E-state index is -3.07. The quantitative estimate of drug-likeness (QED) is 0.486. The molecule has 120 valence electrons. The van der Waals surface area contributed by atoms with E-state index in [2.05, 4.69) is 0 Å². The third-order valence-corrected chi connectivity index (χ3v) is 6.44. The van der Waals surface area contributed by atoms with Crippen molar-refractivity contribution < 1.29 is 4.57 Å². The highest BCUT2D eigenvalue weighted by Crippen LogP contribution is 2.45. The van der Waals surface area contributed by atoms with Gasteiger partial charge in [-0.1, -0.05) is 73.7 Å². The molecule has 0 saturated heterocycles. The Kier molecular flexibility index (Phi) is 5.08. The van der Waals surface area contributed by atoms with Crippen LogP contribution >= 0.6 is 7.29 Å². The summed E-state index contributed by atoms with van der Waals surface area (Å²) in [5.41, 5.74) is 1.89. The first-order valence-corrected chi connectivity index (χ1v) is 9.76.